The van der Waals surface area contributed by atoms with Gasteiger partial charge in [-0.15, -0.1) is 0 Å². The zero-order valence-corrected chi connectivity index (χ0v) is 11.8. The van der Waals surface area contributed by atoms with Crippen LogP contribution in [0.2, 0.25) is 0 Å². The van der Waals surface area contributed by atoms with Crippen LogP contribution in [0, 0.1) is 5.82 Å². The van der Waals surface area contributed by atoms with Crippen molar-refractivity contribution >= 4 is 10.1 Å². The molecule has 0 N–H and O–H groups in total. The lowest BCUT2D eigenvalue weighted by Crippen LogP contribution is -2.14. The first kappa shape index (κ1) is 14.6. The molecule has 0 aliphatic heterocycles. The molecule has 0 saturated heterocycles. The van der Waals surface area contributed by atoms with Gasteiger partial charge in [-0.05, 0) is 32.0 Å². The van der Waals surface area contributed by atoms with Gasteiger partial charge in [0, 0.05) is 5.56 Å². The third-order valence-corrected chi connectivity index (χ3v) is 4.00. The van der Waals surface area contributed by atoms with E-state index in [1.165, 1.54) is 49.2 Å². The molecule has 2 aromatic rings. The maximum Gasteiger partial charge on any atom is 0.267 e. The van der Waals surface area contributed by atoms with Crippen LogP contribution in [0.5, 0.6) is 0 Å². The van der Waals surface area contributed by atoms with E-state index in [2.05, 4.69) is 10.2 Å². The number of rotatable bonds is 5. The van der Waals surface area contributed by atoms with Crippen molar-refractivity contribution in [1.82, 2.24) is 15.0 Å². The van der Waals surface area contributed by atoms with Gasteiger partial charge in [-0.3, -0.25) is 4.18 Å². The summed E-state index contributed by atoms with van der Waals surface area (Å²) in [6, 6.07) is 3.95. The van der Waals surface area contributed by atoms with Crippen LogP contribution in [0.3, 0.4) is 0 Å². The Morgan fingerprint density at radius 2 is 2.00 bits per heavy atom. The van der Waals surface area contributed by atoms with Crippen LogP contribution in [-0.2, 0) is 14.3 Å². The van der Waals surface area contributed by atoms with Crippen LogP contribution in [0.15, 0.2) is 30.6 Å². The average Bonchev–Trinajstić information content (AvgIpc) is 2.92. The second-order valence-corrected chi connectivity index (χ2v) is 5.99. The van der Waals surface area contributed by atoms with Crippen LogP contribution >= 0.6 is 0 Å². The fraction of sp³-hybridized carbons (Fsp3) is 0.333. The predicted molar refractivity (Wildman–Crippen MR) is 70.3 cm³/mol. The fourth-order valence-electron chi connectivity index (χ4n) is 1.71. The lowest BCUT2D eigenvalue weighted by molar-refractivity contribution is 0.233. The molecular formula is C12H14FN3O3S. The standard InChI is InChI=1S/C12H14FN3O3S/c1-3-20(17,18)19-9(2)11-8-10(13)4-5-12(11)16-14-6-7-15-16/h4-9H,3H2,1-2H3/t9-/m0/s1. The van der Waals surface area contributed by atoms with Crippen LogP contribution in [0.4, 0.5) is 4.39 Å². The summed E-state index contributed by atoms with van der Waals surface area (Å²) in [7, 11) is -3.64. The molecule has 0 spiro atoms. The van der Waals surface area contributed by atoms with Crippen molar-refractivity contribution in [1.29, 1.82) is 0 Å². The Morgan fingerprint density at radius 3 is 2.60 bits per heavy atom. The van der Waals surface area contributed by atoms with Crippen LogP contribution in [0.25, 0.3) is 5.69 Å². The Labute approximate surface area is 116 Å². The first-order chi connectivity index (χ1) is 9.43. The van der Waals surface area contributed by atoms with E-state index in [0.29, 0.717) is 11.3 Å². The van der Waals surface area contributed by atoms with Gasteiger partial charge in [-0.1, -0.05) is 0 Å². The van der Waals surface area contributed by atoms with Crippen LogP contribution in [-0.4, -0.2) is 29.2 Å². The first-order valence-electron chi connectivity index (χ1n) is 6.00. The lowest BCUT2D eigenvalue weighted by atomic mass is 10.1. The number of hydrogen-bond donors (Lipinski definition) is 0. The minimum atomic E-state index is -3.64. The summed E-state index contributed by atoms with van der Waals surface area (Å²) in [6.45, 7) is 3.01. The SMILES string of the molecule is CCS(=O)(=O)O[C@@H](C)c1cc(F)ccc1-n1nccn1. The Morgan fingerprint density at radius 1 is 1.35 bits per heavy atom. The van der Waals surface area contributed by atoms with Gasteiger partial charge in [0.1, 0.15) is 11.9 Å². The molecule has 2 rings (SSSR count). The number of hydrogen-bond acceptors (Lipinski definition) is 5. The van der Waals surface area contributed by atoms with Crippen molar-refractivity contribution in [3.05, 3.63) is 42.0 Å². The summed E-state index contributed by atoms with van der Waals surface area (Å²) in [5, 5.41) is 7.91. The predicted octanol–water partition coefficient (Wildman–Crippen LogP) is 1.83. The molecule has 1 heterocycles. The molecular weight excluding hydrogens is 285 g/mol. The number of halogens is 1. The molecule has 0 aliphatic rings. The number of nitrogens with zero attached hydrogens (tertiary/aromatic N) is 3. The van der Waals surface area contributed by atoms with Crippen molar-refractivity contribution in [2.75, 3.05) is 5.75 Å². The second kappa shape index (κ2) is 5.68. The van der Waals surface area contributed by atoms with Gasteiger partial charge in [0.25, 0.3) is 10.1 Å². The third-order valence-electron chi connectivity index (χ3n) is 2.71. The second-order valence-electron chi connectivity index (χ2n) is 4.11. The van der Waals surface area contributed by atoms with Gasteiger partial charge in [-0.2, -0.15) is 23.4 Å². The Kier molecular flexibility index (Phi) is 4.15. The highest BCUT2D eigenvalue weighted by Gasteiger charge is 2.20. The van der Waals surface area contributed by atoms with E-state index in [1.54, 1.807) is 0 Å². The third kappa shape index (κ3) is 3.20. The largest absolute Gasteiger partial charge is 0.267 e. The molecule has 0 bridgehead atoms. The molecule has 108 valence electrons. The normalized spacial score (nSPS) is 13.3. The fourth-order valence-corrected chi connectivity index (χ4v) is 2.39. The first-order valence-corrected chi connectivity index (χ1v) is 7.58. The molecule has 1 aromatic heterocycles. The van der Waals surface area contributed by atoms with Crippen molar-refractivity contribution in [2.45, 2.75) is 20.0 Å². The Balaban J connectivity index is 2.42. The van der Waals surface area contributed by atoms with E-state index in [1.807, 2.05) is 0 Å². The summed E-state index contributed by atoms with van der Waals surface area (Å²) in [5.74, 6) is -0.637. The minimum Gasteiger partial charge on any atom is -0.262 e. The zero-order valence-electron chi connectivity index (χ0n) is 11.0. The van der Waals surface area contributed by atoms with Crippen molar-refractivity contribution in [3.8, 4) is 5.69 Å². The van der Waals surface area contributed by atoms with Gasteiger partial charge in [-0.25, -0.2) is 4.39 Å². The van der Waals surface area contributed by atoms with Gasteiger partial charge in [0.15, 0.2) is 0 Å². The molecule has 1 atom stereocenters. The van der Waals surface area contributed by atoms with Crippen molar-refractivity contribution in [2.24, 2.45) is 0 Å². The summed E-state index contributed by atoms with van der Waals surface area (Å²) in [6.07, 6.45) is 2.11. The van der Waals surface area contributed by atoms with E-state index in [0.717, 1.165) is 0 Å². The molecule has 0 amide bonds. The van der Waals surface area contributed by atoms with E-state index in [4.69, 9.17) is 4.18 Å². The maximum absolute atomic E-state index is 13.4. The van der Waals surface area contributed by atoms with Gasteiger partial charge in [0.05, 0.1) is 23.8 Å². The summed E-state index contributed by atoms with van der Waals surface area (Å²) >= 11 is 0. The van der Waals surface area contributed by atoms with Gasteiger partial charge in [0.2, 0.25) is 0 Å². The number of aromatic nitrogens is 3. The smallest absolute Gasteiger partial charge is 0.262 e. The van der Waals surface area contributed by atoms with Crippen molar-refractivity contribution < 1.29 is 17.0 Å². The van der Waals surface area contributed by atoms with E-state index in [9.17, 15) is 12.8 Å². The number of benzene rings is 1. The van der Waals surface area contributed by atoms with Crippen LogP contribution in [0.1, 0.15) is 25.5 Å². The minimum absolute atomic E-state index is 0.151. The molecule has 0 saturated carbocycles. The summed E-state index contributed by atoms with van der Waals surface area (Å²) < 4.78 is 41.4. The monoisotopic (exact) mass is 299 g/mol. The average molecular weight is 299 g/mol. The highest BCUT2D eigenvalue weighted by atomic mass is 32.2. The quantitative estimate of drug-likeness (QED) is 0.787. The van der Waals surface area contributed by atoms with Gasteiger partial charge < -0.3 is 0 Å². The maximum atomic E-state index is 13.4. The molecule has 6 nitrogen and oxygen atoms in total. The van der Waals surface area contributed by atoms with Crippen molar-refractivity contribution in [3.63, 3.8) is 0 Å². The highest BCUT2D eigenvalue weighted by molar-refractivity contribution is 7.86. The highest BCUT2D eigenvalue weighted by Crippen LogP contribution is 2.26. The molecule has 0 radical (unpaired) electrons. The molecule has 0 fully saturated rings. The molecule has 1 aromatic carbocycles. The molecule has 0 aliphatic carbocycles. The molecule has 0 unspecified atom stereocenters. The zero-order chi connectivity index (χ0) is 14.8. The van der Waals surface area contributed by atoms with E-state index in [-0.39, 0.29) is 5.75 Å². The summed E-state index contributed by atoms with van der Waals surface area (Å²) in [5.41, 5.74) is 0.827. The van der Waals surface area contributed by atoms with Gasteiger partial charge >= 0.3 is 0 Å². The van der Waals surface area contributed by atoms with Crippen LogP contribution < -0.4 is 0 Å². The molecule has 20 heavy (non-hydrogen) atoms. The Hall–Kier alpha value is -1.80. The summed E-state index contributed by atoms with van der Waals surface area (Å²) in [4.78, 5) is 1.28. The topological polar surface area (TPSA) is 74.1 Å². The van der Waals surface area contributed by atoms with E-state index >= 15 is 0 Å². The Bertz CT molecular complexity index is 686. The van der Waals surface area contributed by atoms with E-state index < -0.39 is 22.0 Å². The molecule has 8 heteroatoms. The lowest BCUT2D eigenvalue weighted by Gasteiger charge is -2.16.